The molecule has 1 aromatic heterocycles. The highest BCUT2D eigenvalue weighted by molar-refractivity contribution is 9.10. The zero-order chi connectivity index (χ0) is 11.0. The van der Waals surface area contributed by atoms with E-state index in [2.05, 4.69) is 20.9 Å². The van der Waals surface area contributed by atoms with Crippen molar-refractivity contribution in [1.29, 1.82) is 0 Å². The molecule has 0 fully saturated rings. The summed E-state index contributed by atoms with van der Waals surface area (Å²) in [7, 11) is 0. The molecular weight excluding hydrogens is 279 g/mol. The van der Waals surface area contributed by atoms with E-state index in [4.69, 9.17) is 12.2 Å². The van der Waals surface area contributed by atoms with E-state index in [0.717, 1.165) is 11.4 Å². The van der Waals surface area contributed by atoms with E-state index in [9.17, 15) is 4.39 Å². The first-order valence-electron chi connectivity index (χ1n) is 4.32. The number of rotatable bonds is 1. The third-order valence-corrected chi connectivity index (χ3v) is 3.07. The molecule has 0 saturated carbocycles. The maximum absolute atomic E-state index is 13.3. The van der Waals surface area contributed by atoms with E-state index >= 15 is 0 Å². The van der Waals surface area contributed by atoms with E-state index < -0.39 is 0 Å². The molecule has 5 heteroatoms. The first-order valence-corrected chi connectivity index (χ1v) is 5.52. The summed E-state index contributed by atoms with van der Waals surface area (Å²) in [5.74, 6) is -0.296. The number of hydrogen-bond donors (Lipinski definition) is 1. The van der Waals surface area contributed by atoms with Gasteiger partial charge in [0.1, 0.15) is 5.82 Å². The zero-order valence-corrected chi connectivity index (χ0v) is 10.3. The van der Waals surface area contributed by atoms with E-state index in [-0.39, 0.29) is 5.82 Å². The summed E-state index contributed by atoms with van der Waals surface area (Å²) < 4.78 is 16.1. The van der Waals surface area contributed by atoms with Gasteiger partial charge in [-0.15, -0.1) is 0 Å². The predicted molar refractivity (Wildman–Crippen MR) is 63.3 cm³/mol. The van der Waals surface area contributed by atoms with Crippen molar-refractivity contribution >= 4 is 28.1 Å². The quantitative estimate of drug-likeness (QED) is 0.792. The third-order valence-electron chi connectivity index (χ3n) is 2.12. The van der Waals surface area contributed by atoms with E-state index in [0.29, 0.717) is 9.24 Å². The Morgan fingerprint density at radius 2 is 2.20 bits per heavy atom. The van der Waals surface area contributed by atoms with Crippen LogP contribution in [0.1, 0.15) is 5.69 Å². The highest BCUT2D eigenvalue weighted by atomic mass is 79.9. The molecule has 2 aromatic rings. The number of aryl methyl sites for hydroxylation is 1. The fourth-order valence-corrected chi connectivity index (χ4v) is 1.96. The van der Waals surface area contributed by atoms with E-state index in [1.165, 1.54) is 6.07 Å². The molecule has 1 aromatic carbocycles. The van der Waals surface area contributed by atoms with Crippen molar-refractivity contribution in [2.75, 3.05) is 0 Å². The van der Waals surface area contributed by atoms with Gasteiger partial charge in [0.05, 0.1) is 10.2 Å². The fourth-order valence-electron chi connectivity index (χ4n) is 1.40. The highest BCUT2D eigenvalue weighted by Gasteiger charge is 2.05. The fraction of sp³-hybridized carbons (Fsp3) is 0.100. The molecule has 0 atom stereocenters. The van der Waals surface area contributed by atoms with Crippen LogP contribution in [-0.2, 0) is 0 Å². The normalized spacial score (nSPS) is 10.6. The molecule has 0 spiro atoms. The van der Waals surface area contributed by atoms with Crippen molar-refractivity contribution < 1.29 is 4.39 Å². The van der Waals surface area contributed by atoms with Gasteiger partial charge in [-0.25, -0.2) is 4.39 Å². The molecule has 2 nitrogen and oxygen atoms in total. The van der Waals surface area contributed by atoms with Gasteiger partial charge in [-0.3, -0.25) is 4.57 Å². The molecule has 0 unspecified atom stereocenters. The molecule has 78 valence electrons. The standard InChI is InChI=1S/C10H8BrFN2S/c1-6-5-13-10(15)14(6)7-2-3-8(11)9(12)4-7/h2-5H,1H3,(H,13,15). The molecule has 0 aliphatic heterocycles. The van der Waals surface area contributed by atoms with Crippen molar-refractivity contribution in [3.05, 3.63) is 45.2 Å². The summed E-state index contributed by atoms with van der Waals surface area (Å²) in [6.07, 6.45) is 1.79. The Bertz CT molecular complexity index is 559. The number of H-pyrrole nitrogens is 1. The Kier molecular flexibility index (Phi) is 2.75. The van der Waals surface area contributed by atoms with E-state index in [1.54, 1.807) is 16.8 Å². The maximum Gasteiger partial charge on any atom is 0.182 e. The number of imidazole rings is 1. The van der Waals surface area contributed by atoms with Crippen LogP contribution in [0.5, 0.6) is 0 Å². The van der Waals surface area contributed by atoms with Gasteiger partial charge in [0.2, 0.25) is 0 Å². The SMILES string of the molecule is Cc1c[nH]c(=S)n1-c1ccc(Br)c(F)c1. The van der Waals surface area contributed by atoms with Gasteiger partial charge in [0.15, 0.2) is 4.77 Å². The molecule has 1 N–H and O–H groups in total. The van der Waals surface area contributed by atoms with Crippen molar-refractivity contribution in [2.45, 2.75) is 6.92 Å². The lowest BCUT2D eigenvalue weighted by molar-refractivity contribution is 0.619. The van der Waals surface area contributed by atoms with Gasteiger partial charge in [-0.2, -0.15) is 0 Å². The molecule has 1 heterocycles. The number of nitrogens with one attached hydrogen (secondary N) is 1. The smallest absolute Gasteiger partial charge is 0.182 e. The lowest BCUT2D eigenvalue weighted by atomic mass is 10.3. The second kappa shape index (κ2) is 3.90. The van der Waals surface area contributed by atoms with Gasteiger partial charge in [0, 0.05) is 11.9 Å². The van der Waals surface area contributed by atoms with Crippen LogP contribution in [0.2, 0.25) is 0 Å². The molecule has 0 amide bonds. The van der Waals surface area contributed by atoms with Gasteiger partial charge < -0.3 is 4.98 Å². The summed E-state index contributed by atoms with van der Waals surface area (Å²) in [6.45, 7) is 1.91. The Hall–Kier alpha value is -0.940. The second-order valence-electron chi connectivity index (χ2n) is 3.17. The minimum absolute atomic E-state index is 0.296. The third kappa shape index (κ3) is 1.89. The summed E-state index contributed by atoms with van der Waals surface area (Å²) in [5, 5.41) is 0. The zero-order valence-electron chi connectivity index (χ0n) is 7.92. The summed E-state index contributed by atoms with van der Waals surface area (Å²) in [4.78, 5) is 2.91. The first kappa shape index (κ1) is 10.6. The van der Waals surface area contributed by atoms with Crippen LogP contribution in [0.25, 0.3) is 5.69 Å². The lowest BCUT2D eigenvalue weighted by Crippen LogP contribution is -1.97. The monoisotopic (exact) mass is 286 g/mol. The van der Waals surface area contributed by atoms with Crippen LogP contribution in [-0.4, -0.2) is 9.55 Å². The van der Waals surface area contributed by atoms with Crippen molar-refractivity contribution in [1.82, 2.24) is 9.55 Å². The molecule has 0 bridgehead atoms. The van der Waals surface area contributed by atoms with Gasteiger partial charge >= 0.3 is 0 Å². The number of hydrogen-bond acceptors (Lipinski definition) is 1. The number of nitrogens with zero attached hydrogens (tertiary/aromatic N) is 1. The number of benzene rings is 1. The predicted octanol–water partition coefficient (Wildman–Crippen LogP) is 3.74. The average Bonchev–Trinajstić information content (AvgIpc) is 2.52. The maximum atomic E-state index is 13.3. The van der Waals surface area contributed by atoms with Crippen LogP contribution in [0, 0.1) is 17.5 Å². The Labute approximate surface area is 99.9 Å². The van der Waals surface area contributed by atoms with Crippen LogP contribution in [0.15, 0.2) is 28.9 Å². The lowest BCUT2D eigenvalue weighted by Gasteiger charge is -2.05. The molecule has 0 aliphatic rings. The Morgan fingerprint density at radius 1 is 1.47 bits per heavy atom. The summed E-state index contributed by atoms with van der Waals surface area (Å²) in [5.41, 5.74) is 1.67. The van der Waals surface area contributed by atoms with Gasteiger partial charge in [0.25, 0.3) is 0 Å². The summed E-state index contributed by atoms with van der Waals surface area (Å²) in [6, 6.07) is 4.92. The van der Waals surface area contributed by atoms with E-state index in [1.807, 2.05) is 13.0 Å². The average molecular weight is 287 g/mol. The van der Waals surface area contributed by atoms with Crippen LogP contribution >= 0.6 is 28.1 Å². The summed E-state index contributed by atoms with van der Waals surface area (Å²) >= 11 is 8.22. The van der Waals surface area contributed by atoms with Crippen molar-refractivity contribution in [3.8, 4) is 5.69 Å². The van der Waals surface area contributed by atoms with Crippen LogP contribution < -0.4 is 0 Å². The topological polar surface area (TPSA) is 20.7 Å². The molecule has 15 heavy (non-hydrogen) atoms. The molecule has 0 aliphatic carbocycles. The van der Waals surface area contributed by atoms with Crippen LogP contribution in [0.4, 0.5) is 4.39 Å². The minimum Gasteiger partial charge on any atom is -0.337 e. The second-order valence-corrected chi connectivity index (χ2v) is 4.41. The first-order chi connectivity index (χ1) is 7.09. The number of halogens is 2. The minimum atomic E-state index is -0.296. The number of aromatic amines is 1. The highest BCUT2D eigenvalue weighted by Crippen LogP contribution is 2.20. The molecule has 2 rings (SSSR count). The largest absolute Gasteiger partial charge is 0.337 e. The molecule has 0 saturated heterocycles. The Balaban J connectivity index is 2.65. The van der Waals surface area contributed by atoms with Crippen molar-refractivity contribution in [2.24, 2.45) is 0 Å². The van der Waals surface area contributed by atoms with Crippen molar-refractivity contribution in [3.63, 3.8) is 0 Å². The molecular formula is C10H8BrFN2S. The molecule has 0 radical (unpaired) electrons. The van der Waals surface area contributed by atoms with Gasteiger partial charge in [-0.05, 0) is 53.3 Å². The van der Waals surface area contributed by atoms with Gasteiger partial charge in [-0.1, -0.05) is 0 Å². The van der Waals surface area contributed by atoms with Crippen LogP contribution in [0.3, 0.4) is 0 Å². The number of aromatic nitrogens is 2. The Morgan fingerprint density at radius 3 is 2.73 bits per heavy atom.